The number of H-pyrrole nitrogens is 1. The van der Waals surface area contributed by atoms with Crippen molar-refractivity contribution in [1.29, 1.82) is 0 Å². The first kappa shape index (κ1) is 17.2. The van der Waals surface area contributed by atoms with Gasteiger partial charge < -0.3 is 10.1 Å². The molecule has 25 heavy (non-hydrogen) atoms. The molecule has 0 saturated heterocycles. The number of rotatable bonds is 5. The van der Waals surface area contributed by atoms with Crippen molar-refractivity contribution in [3.63, 3.8) is 0 Å². The molecule has 0 unspecified atom stereocenters. The Morgan fingerprint density at radius 3 is 2.68 bits per heavy atom. The van der Waals surface area contributed by atoms with Crippen molar-refractivity contribution in [2.45, 2.75) is 13.5 Å². The molecule has 0 fully saturated rings. The summed E-state index contributed by atoms with van der Waals surface area (Å²) >= 11 is 3.39. The van der Waals surface area contributed by atoms with Crippen LogP contribution in [0.25, 0.3) is 11.4 Å². The van der Waals surface area contributed by atoms with Crippen LogP contribution in [0, 0.1) is 6.92 Å². The predicted octanol–water partition coefficient (Wildman–Crippen LogP) is 3.48. The molecule has 7 heteroatoms. The fourth-order valence-corrected chi connectivity index (χ4v) is 2.86. The van der Waals surface area contributed by atoms with E-state index in [4.69, 9.17) is 4.74 Å². The van der Waals surface area contributed by atoms with Crippen molar-refractivity contribution in [2.24, 2.45) is 0 Å². The lowest BCUT2D eigenvalue weighted by Crippen LogP contribution is -2.24. The Bertz CT molecular complexity index is 890. The van der Waals surface area contributed by atoms with E-state index in [0.29, 0.717) is 17.2 Å². The number of aromatic nitrogens is 3. The van der Waals surface area contributed by atoms with E-state index in [9.17, 15) is 4.79 Å². The normalized spacial score (nSPS) is 10.5. The summed E-state index contributed by atoms with van der Waals surface area (Å²) in [6.07, 6.45) is 0. The Morgan fingerprint density at radius 2 is 2.00 bits per heavy atom. The first-order valence-corrected chi connectivity index (χ1v) is 8.46. The Labute approximate surface area is 153 Å². The molecule has 0 spiro atoms. The summed E-state index contributed by atoms with van der Waals surface area (Å²) in [5.41, 5.74) is 2.42. The number of methoxy groups -OCH3 is 1. The third-order valence-corrected chi connectivity index (χ3v) is 4.22. The molecule has 0 bridgehead atoms. The second-order valence-corrected chi connectivity index (χ2v) is 6.39. The lowest BCUT2D eigenvalue weighted by Gasteiger charge is -2.06. The van der Waals surface area contributed by atoms with Gasteiger partial charge in [-0.15, -0.1) is 0 Å². The molecular weight excluding hydrogens is 384 g/mol. The molecule has 0 atom stereocenters. The van der Waals surface area contributed by atoms with Gasteiger partial charge >= 0.3 is 0 Å². The number of ether oxygens (including phenoxy) is 1. The lowest BCUT2D eigenvalue weighted by atomic mass is 10.1. The van der Waals surface area contributed by atoms with Gasteiger partial charge in [-0.25, -0.2) is 4.98 Å². The predicted molar refractivity (Wildman–Crippen MR) is 98.4 cm³/mol. The largest absolute Gasteiger partial charge is 0.497 e. The summed E-state index contributed by atoms with van der Waals surface area (Å²) in [6.45, 7) is 2.17. The minimum Gasteiger partial charge on any atom is -0.497 e. The molecule has 3 aromatic rings. The van der Waals surface area contributed by atoms with Crippen molar-refractivity contribution in [2.75, 3.05) is 7.11 Å². The molecule has 1 aromatic heterocycles. The Morgan fingerprint density at radius 1 is 1.24 bits per heavy atom. The van der Waals surface area contributed by atoms with Gasteiger partial charge in [0.15, 0.2) is 5.82 Å². The quantitative estimate of drug-likeness (QED) is 0.686. The third-order valence-electron chi connectivity index (χ3n) is 3.73. The van der Waals surface area contributed by atoms with Crippen LogP contribution in [-0.2, 0) is 6.54 Å². The molecule has 2 aromatic carbocycles. The average Bonchev–Trinajstić information content (AvgIpc) is 3.09. The van der Waals surface area contributed by atoms with E-state index < -0.39 is 0 Å². The smallest absolute Gasteiger partial charge is 0.251 e. The maximum atomic E-state index is 12.3. The van der Waals surface area contributed by atoms with E-state index in [1.165, 1.54) is 0 Å². The van der Waals surface area contributed by atoms with E-state index >= 15 is 0 Å². The summed E-state index contributed by atoms with van der Waals surface area (Å²) in [5, 5.41) is 9.89. The number of halogens is 1. The molecule has 128 valence electrons. The number of carbonyl (C=O) groups excluding carboxylic acids is 1. The van der Waals surface area contributed by atoms with Crippen molar-refractivity contribution >= 4 is 21.8 Å². The van der Waals surface area contributed by atoms with Gasteiger partial charge in [0.05, 0.1) is 13.7 Å². The molecule has 0 radical (unpaired) electrons. The third kappa shape index (κ3) is 4.06. The SMILES string of the molecule is COc1ccc(-c2n[nH]c(CNC(=O)c3ccc(Br)cc3C)n2)cc1. The fourth-order valence-electron chi connectivity index (χ4n) is 2.38. The monoisotopic (exact) mass is 400 g/mol. The highest BCUT2D eigenvalue weighted by molar-refractivity contribution is 9.10. The highest BCUT2D eigenvalue weighted by Crippen LogP contribution is 2.19. The van der Waals surface area contributed by atoms with Crippen LogP contribution >= 0.6 is 15.9 Å². The number of benzene rings is 2. The number of amides is 1. The summed E-state index contributed by atoms with van der Waals surface area (Å²) in [5.74, 6) is 1.80. The van der Waals surface area contributed by atoms with Gasteiger partial charge in [0.1, 0.15) is 11.6 Å². The summed E-state index contributed by atoms with van der Waals surface area (Å²) in [6, 6.07) is 13.0. The molecular formula is C18H17BrN4O2. The van der Waals surface area contributed by atoms with E-state index in [2.05, 4.69) is 36.4 Å². The minimum absolute atomic E-state index is 0.146. The van der Waals surface area contributed by atoms with Crippen LogP contribution in [0.3, 0.4) is 0 Å². The van der Waals surface area contributed by atoms with Gasteiger partial charge in [-0.05, 0) is 55.0 Å². The fraction of sp³-hybridized carbons (Fsp3) is 0.167. The van der Waals surface area contributed by atoms with Crippen LogP contribution < -0.4 is 10.1 Å². The molecule has 1 amide bonds. The Hall–Kier alpha value is -2.67. The molecule has 1 heterocycles. The lowest BCUT2D eigenvalue weighted by molar-refractivity contribution is 0.0949. The van der Waals surface area contributed by atoms with Crippen molar-refractivity contribution in [1.82, 2.24) is 20.5 Å². The summed E-state index contributed by atoms with van der Waals surface area (Å²) in [7, 11) is 1.62. The van der Waals surface area contributed by atoms with Crippen LogP contribution in [0.1, 0.15) is 21.7 Å². The number of carbonyl (C=O) groups is 1. The molecule has 0 saturated carbocycles. The van der Waals surface area contributed by atoms with Crippen LogP contribution in [0.2, 0.25) is 0 Å². The van der Waals surface area contributed by atoms with Gasteiger partial charge in [-0.3, -0.25) is 9.89 Å². The second-order valence-electron chi connectivity index (χ2n) is 5.48. The van der Waals surface area contributed by atoms with Gasteiger partial charge in [0.2, 0.25) is 0 Å². The van der Waals surface area contributed by atoms with E-state index in [1.54, 1.807) is 13.2 Å². The number of aryl methyl sites for hydroxylation is 1. The highest BCUT2D eigenvalue weighted by atomic mass is 79.9. The van der Waals surface area contributed by atoms with Crippen LogP contribution in [0.15, 0.2) is 46.9 Å². The molecule has 2 N–H and O–H groups in total. The molecule has 0 aliphatic heterocycles. The summed E-state index contributed by atoms with van der Waals surface area (Å²) < 4.78 is 6.08. The molecule has 0 aliphatic rings. The number of hydrogen-bond acceptors (Lipinski definition) is 4. The minimum atomic E-state index is -0.146. The maximum Gasteiger partial charge on any atom is 0.251 e. The maximum absolute atomic E-state index is 12.3. The standard InChI is InChI=1S/C18H17BrN4O2/c1-11-9-13(19)5-8-15(11)18(24)20-10-16-21-17(23-22-16)12-3-6-14(25-2)7-4-12/h3-9H,10H2,1-2H3,(H,20,24)(H,21,22,23). The molecule has 3 rings (SSSR count). The van der Waals surface area contributed by atoms with E-state index in [1.807, 2.05) is 43.3 Å². The van der Waals surface area contributed by atoms with E-state index in [0.717, 1.165) is 21.3 Å². The number of aromatic amines is 1. The molecule has 6 nitrogen and oxygen atoms in total. The second kappa shape index (κ2) is 7.48. The topological polar surface area (TPSA) is 79.9 Å². The van der Waals surface area contributed by atoms with Gasteiger partial charge in [-0.2, -0.15) is 5.10 Å². The number of nitrogens with one attached hydrogen (secondary N) is 2. The van der Waals surface area contributed by atoms with Crippen LogP contribution in [-0.4, -0.2) is 28.2 Å². The van der Waals surface area contributed by atoms with Crippen molar-refractivity contribution < 1.29 is 9.53 Å². The highest BCUT2D eigenvalue weighted by Gasteiger charge is 2.11. The zero-order valence-electron chi connectivity index (χ0n) is 13.8. The van der Waals surface area contributed by atoms with Gasteiger partial charge in [-0.1, -0.05) is 15.9 Å². The number of nitrogens with zero attached hydrogens (tertiary/aromatic N) is 2. The van der Waals surface area contributed by atoms with Gasteiger partial charge in [0.25, 0.3) is 5.91 Å². The Balaban J connectivity index is 1.66. The average molecular weight is 401 g/mol. The van der Waals surface area contributed by atoms with Crippen molar-refractivity contribution in [3.8, 4) is 17.1 Å². The van der Waals surface area contributed by atoms with Crippen LogP contribution in [0.5, 0.6) is 5.75 Å². The first-order valence-electron chi connectivity index (χ1n) is 7.67. The zero-order valence-corrected chi connectivity index (χ0v) is 15.4. The van der Waals surface area contributed by atoms with E-state index in [-0.39, 0.29) is 12.5 Å². The first-order chi connectivity index (χ1) is 12.1. The molecule has 0 aliphatic carbocycles. The number of hydrogen-bond donors (Lipinski definition) is 2. The van der Waals surface area contributed by atoms with Gasteiger partial charge in [0, 0.05) is 15.6 Å². The van der Waals surface area contributed by atoms with Crippen molar-refractivity contribution in [3.05, 3.63) is 63.9 Å². The van der Waals surface area contributed by atoms with Crippen LogP contribution in [0.4, 0.5) is 0 Å². The summed E-state index contributed by atoms with van der Waals surface area (Å²) in [4.78, 5) is 16.7. The zero-order chi connectivity index (χ0) is 17.8. The Kier molecular flexibility index (Phi) is 5.14.